The molecule has 0 aliphatic rings. The number of hydrogen-bond donors (Lipinski definition) is 1. The van der Waals surface area contributed by atoms with Crippen LogP contribution in [0.15, 0.2) is 30.3 Å². The van der Waals surface area contributed by atoms with Gasteiger partial charge < -0.3 is 19.5 Å². The fraction of sp³-hybridized carbons (Fsp3) is 0.429. The SMILES string of the molecule is CN(CCCOc1ccccc1)C(=O)COCC(=O)O. The summed E-state index contributed by atoms with van der Waals surface area (Å²) in [6.07, 6.45) is 0.691. The highest BCUT2D eigenvalue weighted by Gasteiger charge is 2.09. The maximum absolute atomic E-state index is 11.6. The molecule has 20 heavy (non-hydrogen) atoms. The van der Waals surface area contributed by atoms with Crippen LogP contribution in [-0.4, -0.2) is 55.3 Å². The monoisotopic (exact) mass is 281 g/mol. The molecule has 0 saturated carbocycles. The van der Waals surface area contributed by atoms with Crippen molar-refractivity contribution in [3.8, 4) is 5.75 Å². The van der Waals surface area contributed by atoms with Gasteiger partial charge in [-0.3, -0.25) is 4.79 Å². The average Bonchev–Trinajstić information content (AvgIpc) is 2.44. The first-order valence-corrected chi connectivity index (χ1v) is 6.31. The number of para-hydroxylation sites is 1. The summed E-state index contributed by atoms with van der Waals surface area (Å²) in [4.78, 5) is 23.3. The number of benzene rings is 1. The first kappa shape index (κ1) is 16.0. The Labute approximate surface area is 117 Å². The maximum Gasteiger partial charge on any atom is 0.329 e. The van der Waals surface area contributed by atoms with E-state index in [4.69, 9.17) is 14.6 Å². The van der Waals surface area contributed by atoms with Gasteiger partial charge >= 0.3 is 5.97 Å². The van der Waals surface area contributed by atoms with Gasteiger partial charge in [-0.1, -0.05) is 18.2 Å². The number of amides is 1. The van der Waals surface area contributed by atoms with E-state index in [1.807, 2.05) is 30.3 Å². The quantitative estimate of drug-likeness (QED) is 0.684. The van der Waals surface area contributed by atoms with Gasteiger partial charge in [-0.25, -0.2) is 4.79 Å². The highest BCUT2D eigenvalue weighted by Crippen LogP contribution is 2.08. The van der Waals surface area contributed by atoms with Gasteiger partial charge in [0.1, 0.15) is 19.0 Å². The molecular formula is C14H19NO5. The summed E-state index contributed by atoms with van der Waals surface area (Å²) in [6, 6.07) is 9.44. The summed E-state index contributed by atoms with van der Waals surface area (Å²) in [5.74, 6) is -0.533. The molecule has 0 saturated heterocycles. The Morgan fingerprint density at radius 2 is 1.90 bits per heavy atom. The summed E-state index contributed by atoms with van der Waals surface area (Å²) < 4.78 is 10.2. The normalized spacial score (nSPS) is 10.1. The van der Waals surface area contributed by atoms with Crippen molar-refractivity contribution in [1.82, 2.24) is 4.90 Å². The third-order valence-electron chi connectivity index (χ3n) is 2.53. The number of likely N-dealkylation sites (N-methyl/N-ethyl adjacent to an activating group) is 1. The summed E-state index contributed by atoms with van der Waals surface area (Å²) in [6.45, 7) is 0.360. The molecule has 0 unspecified atom stereocenters. The minimum absolute atomic E-state index is 0.220. The number of ether oxygens (including phenoxy) is 2. The summed E-state index contributed by atoms with van der Waals surface area (Å²) >= 11 is 0. The lowest BCUT2D eigenvalue weighted by Crippen LogP contribution is -2.32. The Morgan fingerprint density at radius 1 is 1.20 bits per heavy atom. The van der Waals surface area contributed by atoms with Crippen LogP contribution in [0.4, 0.5) is 0 Å². The Balaban J connectivity index is 2.11. The van der Waals surface area contributed by atoms with Crippen molar-refractivity contribution in [2.75, 3.05) is 33.4 Å². The third-order valence-corrected chi connectivity index (χ3v) is 2.53. The maximum atomic E-state index is 11.6. The van der Waals surface area contributed by atoms with Crippen molar-refractivity contribution in [2.24, 2.45) is 0 Å². The fourth-order valence-corrected chi connectivity index (χ4v) is 1.47. The molecule has 1 N–H and O–H groups in total. The van der Waals surface area contributed by atoms with E-state index in [1.54, 1.807) is 7.05 Å². The zero-order valence-corrected chi connectivity index (χ0v) is 11.4. The molecule has 0 fully saturated rings. The zero-order chi connectivity index (χ0) is 14.8. The first-order valence-electron chi connectivity index (χ1n) is 6.31. The molecule has 1 rings (SSSR count). The van der Waals surface area contributed by atoms with E-state index in [9.17, 15) is 9.59 Å². The van der Waals surface area contributed by atoms with Crippen molar-refractivity contribution in [3.63, 3.8) is 0 Å². The molecule has 1 aromatic rings. The summed E-state index contributed by atoms with van der Waals surface area (Å²) in [7, 11) is 1.65. The predicted molar refractivity (Wildman–Crippen MR) is 72.6 cm³/mol. The Hall–Kier alpha value is -2.08. The van der Waals surface area contributed by atoms with E-state index in [-0.39, 0.29) is 12.5 Å². The van der Waals surface area contributed by atoms with Crippen LogP contribution in [0, 0.1) is 0 Å². The Bertz CT molecular complexity index is 421. The van der Waals surface area contributed by atoms with Crippen molar-refractivity contribution < 1.29 is 24.2 Å². The van der Waals surface area contributed by atoms with E-state index < -0.39 is 12.6 Å². The molecule has 0 aliphatic heterocycles. The van der Waals surface area contributed by atoms with Gasteiger partial charge in [0.15, 0.2) is 0 Å². The molecule has 0 atom stereocenters. The molecule has 0 bridgehead atoms. The molecule has 6 nitrogen and oxygen atoms in total. The molecular weight excluding hydrogens is 262 g/mol. The van der Waals surface area contributed by atoms with Gasteiger partial charge in [0.25, 0.3) is 0 Å². The van der Waals surface area contributed by atoms with Crippen LogP contribution in [0.2, 0.25) is 0 Å². The van der Waals surface area contributed by atoms with E-state index >= 15 is 0 Å². The number of nitrogens with zero attached hydrogens (tertiary/aromatic N) is 1. The molecule has 0 heterocycles. The summed E-state index contributed by atoms with van der Waals surface area (Å²) in [5, 5.41) is 8.38. The minimum atomic E-state index is -1.09. The number of carboxylic acids is 1. The van der Waals surface area contributed by atoms with Gasteiger partial charge in [0, 0.05) is 13.6 Å². The van der Waals surface area contributed by atoms with Gasteiger partial charge in [0.2, 0.25) is 5.91 Å². The van der Waals surface area contributed by atoms with Gasteiger partial charge in [-0.2, -0.15) is 0 Å². The third kappa shape index (κ3) is 6.75. The predicted octanol–water partition coefficient (Wildman–Crippen LogP) is 1.02. The van der Waals surface area contributed by atoms with E-state index in [0.717, 1.165) is 5.75 Å². The van der Waals surface area contributed by atoms with Crippen LogP contribution in [0.25, 0.3) is 0 Å². The van der Waals surface area contributed by atoms with Crippen molar-refractivity contribution >= 4 is 11.9 Å². The van der Waals surface area contributed by atoms with E-state index in [0.29, 0.717) is 19.6 Å². The highest BCUT2D eigenvalue weighted by atomic mass is 16.5. The molecule has 1 aromatic carbocycles. The highest BCUT2D eigenvalue weighted by molar-refractivity contribution is 5.77. The molecule has 0 radical (unpaired) electrons. The van der Waals surface area contributed by atoms with Crippen molar-refractivity contribution in [3.05, 3.63) is 30.3 Å². The largest absolute Gasteiger partial charge is 0.494 e. The number of carbonyl (C=O) groups is 2. The lowest BCUT2D eigenvalue weighted by Gasteiger charge is -2.17. The number of carboxylic acid groups (broad SMARTS) is 1. The van der Waals surface area contributed by atoms with Crippen LogP contribution in [0.1, 0.15) is 6.42 Å². The van der Waals surface area contributed by atoms with Crippen LogP contribution in [0.5, 0.6) is 5.75 Å². The molecule has 0 aliphatic carbocycles. The van der Waals surface area contributed by atoms with E-state index in [2.05, 4.69) is 0 Å². The Morgan fingerprint density at radius 3 is 2.55 bits per heavy atom. The number of hydrogen-bond acceptors (Lipinski definition) is 4. The molecule has 110 valence electrons. The number of rotatable bonds is 9. The van der Waals surface area contributed by atoms with E-state index in [1.165, 1.54) is 4.90 Å². The van der Waals surface area contributed by atoms with Crippen molar-refractivity contribution in [1.29, 1.82) is 0 Å². The van der Waals surface area contributed by atoms with Crippen LogP contribution < -0.4 is 4.74 Å². The average molecular weight is 281 g/mol. The smallest absolute Gasteiger partial charge is 0.329 e. The topological polar surface area (TPSA) is 76.1 Å². The van der Waals surface area contributed by atoms with Crippen molar-refractivity contribution in [2.45, 2.75) is 6.42 Å². The molecule has 6 heteroatoms. The van der Waals surface area contributed by atoms with Crippen LogP contribution in [0.3, 0.4) is 0 Å². The molecule has 1 amide bonds. The van der Waals surface area contributed by atoms with Gasteiger partial charge in [0.05, 0.1) is 6.61 Å². The van der Waals surface area contributed by atoms with Crippen LogP contribution >= 0.6 is 0 Å². The zero-order valence-electron chi connectivity index (χ0n) is 11.4. The lowest BCUT2D eigenvalue weighted by molar-refractivity contribution is -0.145. The first-order chi connectivity index (χ1) is 9.59. The second-order valence-electron chi connectivity index (χ2n) is 4.22. The molecule has 0 aromatic heterocycles. The standard InChI is InChI=1S/C14H19NO5/c1-15(13(16)10-19-11-14(17)18)8-5-9-20-12-6-3-2-4-7-12/h2-4,6-7H,5,8-11H2,1H3,(H,17,18). The Kier molecular flexibility index (Phi) is 7.13. The lowest BCUT2D eigenvalue weighted by atomic mass is 10.3. The van der Waals surface area contributed by atoms with Gasteiger partial charge in [-0.15, -0.1) is 0 Å². The summed E-state index contributed by atoms with van der Waals surface area (Å²) in [5.41, 5.74) is 0. The van der Waals surface area contributed by atoms with Gasteiger partial charge in [-0.05, 0) is 18.6 Å². The number of carbonyl (C=O) groups excluding carboxylic acids is 1. The van der Waals surface area contributed by atoms with Crippen LogP contribution in [-0.2, 0) is 14.3 Å². The minimum Gasteiger partial charge on any atom is -0.494 e. The fourth-order valence-electron chi connectivity index (χ4n) is 1.47. The second kappa shape index (κ2) is 8.92. The number of aliphatic carboxylic acids is 1. The molecule has 0 spiro atoms. The second-order valence-corrected chi connectivity index (χ2v) is 4.22.